The first-order valence-corrected chi connectivity index (χ1v) is 7.10. The van der Waals surface area contributed by atoms with Crippen molar-refractivity contribution in [3.63, 3.8) is 0 Å². The standard InChI is InChI=1S/C17H17ClN2O/c1-2-13-5-3-4-6-16(13)20-17(21)10-8-12-7-9-14(18)15(19)11-12/h3-11H,2,19H2,1H3,(H,20,21)/b10-8+. The Bertz CT molecular complexity index is 680. The van der Waals surface area contributed by atoms with Crippen molar-refractivity contribution >= 4 is 35.0 Å². The van der Waals surface area contributed by atoms with Gasteiger partial charge in [0.05, 0.1) is 10.7 Å². The number of hydrogen-bond donors (Lipinski definition) is 2. The minimum Gasteiger partial charge on any atom is -0.398 e. The molecule has 0 heterocycles. The number of aryl methyl sites for hydroxylation is 1. The van der Waals surface area contributed by atoms with Gasteiger partial charge in [-0.1, -0.05) is 42.8 Å². The van der Waals surface area contributed by atoms with Crippen molar-refractivity contribution in [1.82, 2.24) is 0 Å². The summed E-state index contributed by atoms with van der Waals surface area (Å²) in [4.78, 5) is 12.0. The molecule has 0 atom stereocenters. The molecule has 3 N–H and O–H groups in total. The van der Waals surface area contributed by atoms with Gasteiger partial charge >= 0.3 is 0 Å². The number of nitrogens with two attached hydrogens (primary N) is 1. The van der Waals surface area contributed by atoms with Crippen molar-refractivity contribution in [3.05, 3.63) is 64.7 Å². The fourth-order valence-electron chi connectivity index (χ4n) is 1.96. The van der Waals surface area contributed by atoms with Crippen molar-refractivity contribution in [1.29, 1.82) is 0 Å². The number of carbonyl (C=O) groups is 1. The van der Waals surface area contributed by atoms with Crippen LogP contribution in [0.15, 0.2) is 48.5 Å². The Morgan fingerprint density at radius 2 is 2.05 bits per heavy atom. The predicted molar refractivity (Wildman–Crippen MR) is 89.3 cm³/mol. The van der Waals surface area contributed by atoms with Gasteiger partial charge in [-0.05, 0) is 41.8 Å². The Labute approximate surface area is 129 Å². The van der Waals surface area contributed by atoms with Crippen LogP contribution in [-0.2, 0) is 11.2 Å². The fourth-order valence-corrected chi connectivity index (χ4v) is 2.08. The van der Waals surface area contributed by atoms with Gasteiger partial charge in [-0.15, -0.1) is 0 Å². The third-order valence-corrected chi connectivity index (χ3v) is 3.45. The van der Waals surface area contributed by atoms with Gasteiger partial charge in [0.25, 0.3) is 0 Å². The summed E-state index contributed by atoms with van der Waals surface area (Å²) in [6.07, 6.45) is 4.06. The quantitative estimate of drug-likeness (QED) is 0.658. The second-order valence-electron chi connectivity index (χ2n) is 4.61. The van der Waals surface area contributed by atoms with Crippen LogP contribution in [0.25, 0.3) is 6.08 Å². The number of amides is 1. The number of para-hydroxylation sites is 1. The molecule has 0 saturated carbocycles. The van der Waals surface area contributed by atoms with Crippen LogP contribution >= 0.6 is 11.6 Å². The van der Waals surface area contributed by atoms with Gasteiger partial charge in [0.15, 0.2) is 0 Å². The Morgan fingerprint density at radius 3 is 2.76 bits per heavy atom. The van der Waals surface area contributed by atoms with E-state index in [1.165, 1.54) is 6.08 Å². The molecule has 0 bridgehead atoms. The van der Waals surface area contributed by atoms with E-state index in [0.717, 1.165) is 23.2 Å². The number of hydrogen-bond acceptors (Lipinski definition) is 2. The lowest BCUT2D eigenvalue weighted by Crippen LogP contribution is -2.09. The van der Waals surface area contributed by atoms with E-state index in [1.807, 2.05) is 30.3 Å². The minimum absolute atomic E-state index is 0.176. The number of rotatable bonds is 4. The highest BCUT2D eigenvalue weighted by molar-refractivity contribution is 6.33. The summed E-state index contributed by atoms with van der Waals surface area (Å²) < 4.78 is 0. The molecule has 0 aliphatic rings. The molecule has 21 heavy (non-hydrogen) atoms. The largest absolute Gasteiger partial charge is 0.398 e. The second-order valence-corrected chi connectivity index (χ2v) is 5.02. The summed E-state index contributed by atoms with van der Waals surface area (Å²) in [6, 6.07) is 13.0. The van der Waals surface area contributed by atoms with Gasteiger partial charge in [-0.25, -0.2) is 0 Å². The molecular formula is C17H17ClN2O. The van der Waals surface area contributed by atoms with Crippen LogP contribution in [0.2, 0.25) is 5.02 Å². The van der Waals surface area contributed by atoms with Crippen molar-refractivity contribution < 1.29 is 4.79 Å². The first kappa shape index (κ1) is 15.1. The Kier molecular flexibility index (Phi) is 5.01. The van der Waals surface area contributed by atoms with Gasteiger partial charge in [-0.2, -0.15) is 0 Å². The van der Waals surface area contributed by atoms with E-state index in [-0.39, 0.29) is 5.91 Å². The van der Waals surface area contributed by atoms with Crippen LogP contribution in [0.4, 0.5) is 11.4 Å². The smallest absolute Gasteiger partial charge is 0.248 e. The first-order valence-electron chi connectivity index (χ1n) is 6.72. The molecule has 2 aromatic carbocycles. The molecule has 0 saturated heterocycles. The summed E-state index contributed by atoms with van der Waals surface area (Å²) in [5, 5.41) is 3.38. The summed E-state index contributed by atoms with van der Waals surface area (Å²) in [7, 11) is 0. The van der Waals surface area contributed by atoms with Crippen molar-refractivity contribution in [3.8, 4) is 0 Å². The average Bonchev–Trinajstić information content (AvgIpc) is 2.49. The topological polar surface area (TPSA) is 55.1 Å². The molecule has 0 spiro atoms. The summed E-state index contributed by atoms with van der Waals surface area (Å²) in [6.45, 7) is 2.05. The Balaban J connectivity index is 2.07. The third-order valence-electron chi connectivity index (χ3n) is 3.10. The Hall–Kier alpha value is -2.26. The van der Waals surface area contributed by atoms with E-state index in [2.05, 4.69) is 12.2 Å². The van der Waals surface area contributed by atoms with Crippen LogP contribution in [0.3, 0.4) is 0 Å². The van der Waals surface area contributed by atoms with E-state index in [9.17, 15) is 4.79 Å². The van der Waals surface area contributed by atoms with E-state index < -0.39 is 0 Å². The SMILES string of the molecule is CCc1ccccc1NC(=O)/C=C/c1ccc(Cl)c(N)c1. The fraction of sp³-hybridized carbons (Fsp3) is 0.118. The average molecular weight is 301 g/mol. The highest BCUT2D eigenvalue weighted by Gasteiger charge is 2.02. The molecular weight excluding hydrogens is 284 g/mol. The van der Waals surface area contributed by atoms with Crippen LogP contribution < -0.4 is 11.1 Å². The molecule has 0 unspecified atom stereocenters. The zero-order valence-electron chi connectivity index (χ0n) is 11.8. The lowest BCUT2D eigenvalue weighted by Gasteiger charge is -2.07. The minimum atomic E-state index is -0.176. The molecule has 4 heteroatoms. The monoisotopic (exact) mass is 300 g/mol. The molecule has 2 rings (SSSR count). The van der Waals surface area contributed by atoms with Crippen molar-refractivity contribution in [2.24, 2.45) is 0 Å². The van der Waals surface area contributed by atoms with Crippen molar-refractivity contribution in [2.75, 3.05) is 11.1 Å². The maximum absolute atomic E-state index is 12.0. The zero-order valence-corrected chi connectivity index (χ0v) is 12.5. The predicted octanol–water partition coefficient (Wildman–Crippen LogP) is 4.14. The maximum Gasteiger partial charge on any atom is 0.248 e. The molecule has 108 valence electrons. The molecule has 0 fully saturated rings. The first-order chi connectivity index (χ1) is 10.1. The molecule has 0 aliphatic carbocycles. The summed E-state index contributed by atoms with van der Waals surface area (Å²) >= 11 is 5.86. The maximum atomic E-state index is 12.0. The van der Waals surface area contributed by atoms with Gasteiger partial charge in [0, 0.05) is 11.8 Å². The van der Waals surface area contributed by atoms with Gasteiger partial charge in [0.1, 0.15) is 0 Å². The van der Waals surface area contributed by atoms with Crippen LogP contribution in [0, 0.1) is 0 Å². The second kappa shape index (κ2) is 6.95. The number of halogens is 1. The number of benzene rings is 2. The molecule has 0 radical (unpaired) electrons. The van der Waals surface area contributed by atoms with Crippen LogP contribution in [0.5, 0.6) is 0 Å². The number of nitrogen functional groups attached to an aromatic ring is 1. The van der Waals surface area contributed by atoms with Crippen molar-refractivity contribution in [2.45, 2.75) is 13.3 Å². The normalized spacial score (nSPS) is 10.8. The molecule has 1 amide bonds. The summed E-state index contributed by atoms with van der Waals surface area (Å²) in [5.74, 6) is -0.176. The van der Waals surface area contributed by atoms with E-state index in [0.29, 0.717) is 10.7 Å². The lowest BCUT2D eigenvalue weighted by molar-refractivity contribution is -0.111. The third kappa shape index (κ3) is 4.10. The van der Waals surface area contributed by atoms with Gasteiger partial charge in [0.2, 0.25) is 5.91 Å². The summed E-state index contributed by atoms with van der Waals surface area (Å²) in [5.41, 5.74) is 8.99. The molecule has 0 aromatic heterocycles. The highest BCUT2D eigenvalue weighted by Crippen LogP contribution is 2.20. The van der Waals surface area contributed by atoms with Gasteiger partial charge in [-0.3, -0.25) is 4.79 Å². The number of anilines is 2. The lowest BCUT2D eigenvalue weighted by atomic mass is 10.1. The number of nitrogens with one attached hydrogen (secondary N) is 1. The Morgan fingerprint density at radius 1 is 1.29 bits per heavy atom. The molecule has 2 aromatic rings. The van der Waals surface area contributed by atoms with E-state index >= 15 is 0 Å². The van der Waals surface area contributed by atoms with E-state index in [1.54, 1.807) is 18.2 Å². The molecule has 3 nitrogen and oxygen atoms in total. The van der Waals surface area contributed by atoms with Crippen LogP contribution in [0.1, 0.15) is 18.1 Å². The molecule has 0 aliphatic heterocycles. The van der Waals surface area contributed by atoms with Gasteiger partial charge < -0.3 is 11.1 Å². The van der Waals surface area contributed by atoms with E-state index in [4.69, 9.17) is 17.3 Å². The zero-order chi connectivity index (χ0) is 15.2. The van der Waals surface area contributed by atoms with Crippen LogP contribution in [-0.4, -0.2) is 5.91 Å². The highest BCUT2D eigenvalue weighted by atomic mass is 35.5. The number of carbonyl (C=O) groups excluding carboxylic acids is 1.